The quantitative estimate of drug-likeness (QED) is 0.451. The highest BCUT2D eigenvalue weighted by molar-refractivity contribution is 7.99. The van der Waals surface area contributed by atoms with Gasteiger partial charge in [-0.05, 0) is 49.2 Å². The van der Waals surface area contributed by atoms with Gasteiger partial charge in [-0.15, -0.1) is 0 Å². The van der Waals surface area contributed by atoms with E-state index < -0.39 is 0 Å². The maximum absolute atomic E-state index is 12.9. The maximum Gasteiger partial charge on any atom is 0.262 e. The zero-order chi connectivity index (χ0) is 21.0. The molecular weight excluding hydrogens is 410 g/mol. The van der Waals surface area contributed by atoms with Gasteiger partial charge in [-0.1, -0.05) is 35.5 Å². The van der Waals surface area contributed by atoms with E-state index in [4.69, 9.17) is 16.3 Å². The monoisotopic (exact) mass is 431 g/mol. The van der Waals surface area contributed by atoms with Crippen molar-refractivity contribution in [2.75, 3.05) is 24.8 Å². The molecule has 1 aromatic heterocycles. The van der Waals surface area contributed by atoms with Crippen LogP contribution in [0.5, 0.6) is 0 Å². The van der Waals surface area contributed by atoms with E-state index in [0.29, 0.717) is 34.2 Å². The predicted molar refractivity (Wildman–Crippen MR) is 118 cm³/mol. The SMILES string of the molecule is COCCn1c(SCC(=O)Nc2cccc(C)c2C)nc2cc(Cl)ccc2c1=O. The highest BCUT2D eigenvalue weighted by Gasteiger charge is 2.14. The number of aryl methyl sites for hydroxylation is 1. The average molecular weight is 432 g/mol. The first kappa shape index (κ1) is 21.4. The second-order valence-corrected chi connectivity index (χ2v) is 7.97. The van der Waals surface area contributed by atoms with E-state index in [2.05, 4.69) is 10.3 Å². The fourth-order valence-electron chi connectivity index (χ4n) is 2.87. The average Bonchev–Trinajstić information content (AvgIpc) is 2.69. The molecular formula is C21H22ClN3O3S. The van der Waals surface area contributed by atoms with Crippen LogP contribution in [0.3, 0.4) is 0 Å². The summed E-state index contributed by atoms with van der Waals surface area (Å²) in [4.78, 5) is 29.9. The second-order valence-electron chi connectivity index (χ2n) is 6.59. The Morgan fingerprint density at radius 2 is 2.07 bits per heavy atom. The fraction of sp³-hybridized carbons (Fsp3) is 0.286. The molecule has 0 atom stereocenters. The predicted octanol–water partition coefficient (Wildman–Crippen LogP) is 4.04. The van der Waals surface area contributed by atoms with Crippen LogP contribution in [0, 0.1) is 13.8 Å². The Bertz CT molecular complexity index is 1110. The minimum absolute atomic E-state index is 0.124. The van der Waals surface area contributed by atoms with Crippen LogP contribution in [-0.4, -0.2) is 34.9 Å². The maximum atomic E-state index is 12.9. The highest BCUT2D eigenvalue weighted by atomic mass is 35.5. The third kappa shape index (κ3) is 4.98. The third-order valence-corrected chi connectivity index (χ3v) is 5.82. The number of benzene rings is 2. The number of methoxy groups -OCH3 is 1. The van der Waals surface area contributed by atoms with Crippen molar-refractivity contribution >= 4 is 45.9 Å². The van der Waals surface area contributed by atoms with Gasteiger partial charge in [-0.3, -0.25) is 14.2 Å². The molecule has 1 N–H and O–H groups in total. The van der Waals surface area contributed by atoms with Crippen LogP contribution in [0.15, 0.2) is 46.3 Å². The number of aromatic nitrogens is 2. The van der Waals surface area contributed by atoms with Gasteiger partial charge in [0.1, 0.15) is 0 Å². The molecule has 8 heteroatoms. The van der Waals surface area contributed by atoms with Crippen LogP contribution in [0.1, 0.15) is 11.1 Å². The molecule has 0 fully saturated rings. The second kappa shape index (κ2) is 9.43. The Morgan fingerprint density at radius 1 is 1.28 bits per heavy atom. The van der Waals surface area contributed by atoms with Gasteiger partial charge in [0.05, 0.1) is 29.8 Å². The van der Waals surface area contributed by atoms with E-state index in [1.54, 1.807) is 25.3 Å². The number of halogens is 1. The molecule has 1 heterocycles. The Hall–Kier alpha value is -2.35. The number of nitrogens with one attached hydrogen (secondary N) is 1. The Morgan fingerprint density at radius 3 is 2.83 bits per heavy atom. The van der Waals surface area contributed by atoms with Crippen molar-refractivity contribution in [1.82, 2.24) is 9.55 Å². The zero-order valence-corrected chi connectivity index (χ0v) is 18.1. The van der Waals surface area contributed by atoms with Gasteiger partial charge in [0.15, 0.2) is 5.16 Å². The zero-order valence-electron chi connectivity index (χ0n) is 16.5. The van der Waals surface area contributed by atoms with E-state index in [1.807, 2.05) is 32.0 Å². The summed E-state index contributed by atoms with van der Waals surface area (Å²) in [5, 5.41) is 4.36. The summed E-state index contributed by atoms with van der Waals surface area (Å²) in [5.41, 5.74) is 3.25. The van der Waals surface area contributed by atoms with Crippen molar-refractivity contribution in [3.63, 3.8) is 0 Å². The number of hydrogen-bond acceptors (Lipinski definition) is 5. The van der Waals surface area contributed by atoms with E-state index in [1.165, 1.54) is 16.3 Å². The molecule has 3 rings (SSSR count). The molecule has 0 saturated carbocycles. The molecule has 152 valence electrons. The lowest BCUT2D eigenvalue weighted by atomic mass is 10.1. The molecule has 6 nitrogen and oxygen atoms in total. The highest BCUT2D eigenvalue weighted by Crippen LogP contribution is 2.22. The molecule has 2 aromatic carbocycles. The number of hydrogen-bond donors (Lipinski definition) is 1. The number of ether oxygens (including phenoxy) is 1. The van der Waals surface area contributed by atoms with Gasteiger partial charge < -0.3 is 10.1 Å². The van der Waals surface area contributed by atoms with E-state index in [0.717, 1.165) is 16.8 Å². The molecule has 0 aliphatic rings. The molecule has 0 bridgehead atoms. The Kier molecular flexibility index (Phi) is 6.95. The van der Waals surface area contributed by atoms with E-state index in [-0.39, 0.29) is 17.2 Å². The third-order valence-electron chi connectivity index (χ3n) is 4.61. The number of anilines is 1. The molecule has 0 radical (unpaired) electrons. The number of carbonyl (C=O) groups excluding carboxylic acids is 1. The van der Waals surface area contributed by atoms with Crippen LogP contribution in [-0.2, 0) is 16.1 Å². The summed E-state index contributed by atoms with van der Waals surface area (Å²) < 4.78 is 6.66. The minimum Gasteiger partial charge on any atom is -0.383 e. The van der Waals surface area contributed by atoms with Crippen LogP contribution < -0.4 is 10.9 Å². The van der Waals surface area contributed by atoms with Gasteiger partial charge >= 0.3 is 0 Å². The van der Waals surface area contributed by atoms with Crippen molar-refractivity contribution < 1.29 is 9.53 Å². The summed E-state index contributed by atoms with van der Waals surface area (Å²) in [6.45, 7) is 4.68. The number of rotatable bonds is 7. The number of amides is 1. The van der Waals surface area contributed by atoms with Crippen LogP contribution >= 0.6 is 23.4 Å². The molecule has 0 aliphatic carbocycles. The van der Waals surface area contributed by atoms with Crippen molar-refractivity contribution in [3.8, 4) is 0 Å². The summed E-state index contributed by atoms with van der Waals surface area (Å²) in [5.74, 6) is -0.0405. The largest absolute Gasteiger partial charge is 0.383 e. The number of nitrogens with zero attached hydrogens (tertiary/aromatic N) is 2. The van der Waals surface area contributed by atoms with Crippen molar-refractivity contribution in [2.24, 2.45) is 0 Å². The Labute approximate surface area is 178 Å². The normalized spacial score (nSPS) is 11.0. The summed E-state index contributed by atoms with van der Waals surface area (Å²) in [7, 11) is 1.57. The lowest BCUT2D eigenvalue weighted by Gasteiger charge is -2.13. The van der Waals surface area contributed by atoms with Crippen LogP contribution in [0.2, 0.25) is 5.02 Å². The van der Waals surface area contributed by atoms with Crippen molar-refractivity contribution in [2.45, 2.75) is 25.5 Å². The molecule has 0 saturated heterocycles. The molecule has 3 aromatic rings. The molecule has 0 unspecified atom stereocenters. The van der Waals surface area contributed by atoms with E-state index in [9.17, 15) is 9.59 Å². The lowest BCUT2D eigenvalue weighted by molar-refractivity contribution is -0.113. The first-order valence-corrected chi connectivity index (χ1v) is 10.4. The molecule has 0 aliphatic heterocycles. The number of carbonyl (C=O) groups is 1. The number of thioether (sulfide) groups is 1. The van der Waals surface area contributed by atoms with Crippen molar-refractivity contribution in [3.05, 3.63) is 62.9 Å². The summed E-state index contributed by atoms with van der Waals surface area (Å²) in [6, 6.07) is 10.8. The van der Waals surface area contributed by atoms with E-state index >= 15 is 0 Å². The molecule has 29 heavy (non-hydrogen) atoms. The van der Waals surface area contributed by atoms with Crippen LogP contribution in [0.25, 0.3) is 10.9 Å². The standard InChI is InChI=1S/C21H22ClN3O3S/c1-13-5-4-6-17(14(13)2)23-19(26)12-29-21-24-18-11-15(22)7-8-16(18)20(27)25(21)9-10-28-3/h4-8,11H,9-10,12H2,1-3H3,(H,23,26). The lowest BCUT2D eigenvalue weighted by Crippen LogP contribution is -2.26. The number of fused-ring (bicyclic) bond motifs is 1. The first-order chi connectivity index (χ1) is 13.9. The minimum atomic E-state index is -0.179. The van der Waals surface area contributed by atoms with Gasteiger partial charge in [0.25, 0.3) is 5.56 Å². The van der Waals surface area contributed by atoms with Gasteiger partial charge in [0.2, 0.25) is 5.91 Å². The fourth-order valence-corrected chi connectivity index (χ4v) is 3.86. The van der Waals surface area contributed by atoms with Gasteiger partial charge in [0, 0.05) is 17.8 Å². The van der Waals surface area contributed by atoms with Crippen molar-refractivity contribution in [1.29, 1.82) is 0 Å². The van der Waals surface area contributed by atoms with Crippen LogP contribution in [0.4, 0.5) is 5.69 Å². The molecule has 0 spiro atoms. The summed E-state index contributed by atoms with van der Waals surface area (Å²) in [6.07, 6.45) is 0. The summed E-state index contributed by atoms with van der Waals surface area (Å²) >= 11 is 7.26. The topological polar surface area (TPSA) is 73.2 Å². The van der Waals surface area contributed by atoms with Gasteiger partial charge in [-0.2, -0.15) is 0 Å². The Balaban J connectivity index is 1.85. The smallest absolute Gasteiger partial charge is 0.262 e. The molecule has 1 amide bonds. The first-order valence-electron chi connectivity index (χ1n) is 9.08. The van der Waals surface area contributed by atoms with Gasteiger partial charge in [-0.25, -0.2) is 4.98 Å².